The summed E-state index contributed by atoms with van der Waals surface area (Å²) in [5.41, 5.74) is 0. The summed E-state index contributed by atoms with van der Waals surface area (Å²) in [4.78, 5) is 34.8. The Balaban J connectivity index is 4.16. The van der Waals surface area contributed by atoms with Crippen molar-refractivity contribution in [2.45, 2.75) is 180 Å². The maximum Gasteiger partial charge on any atom is 0.322 e. The zero-order valence-corrected chi connectivity index (χ0v) is 28.5. The summed E-state index contributed by atoms with van der Waals surface area (Å²) < 4.78 is 5.85. The van der Waals surface area contributed by atoms with Gasteiger partial charge in [0, 0.05) is 12.8 Å². The number of esters is 1. The Bertz CT molecular complexity index is 773. The molecule has 0 aliphatic carbocycles. The molecule has 0 spiro atoms. The van der Waals surface area contributed by atoms with Crippen LogP contribution in [-0.2, 0) is 19.1 Å². The number of allylic oxidation sites excluding steroid dienone is 5. The van der Waals surface area contributed by atoms with Crippen LogP contribution in [0.5, 0.6) is 0 Å². The van der Waals surface area contributed by atoms with Crippen molar-refractivity contribution in [1.29, 1.82) is 0 Å². The van der Waals surface area contributed by atoms with Gasteiger partial charge >= 0.3 is 11.9 Å². The van der Waals surface area contributed by atoms with Crippen molar-refractivity contribution in [2.24, 2.45) is 0 Å². The van der Waals surface area contributed by atoms with Crippen LogP contribution in [0.15, 0.2) is 36.5 Å². The third-order valence-corrected chi connectivity index (χ3v) is 7.81. The minimum absolute atomic E-state index is 0.107. The second-order valence-electron chi connectivity index (χ2n) is 12.1. The zero-order valence-electron chi connectivity index (χ0n) is 28.5. The van der Waals surface area contributed by atoms with Gasteiger partial charge in [-0.1, -0.05) is 147 Å². The standard InChI is InChI=1S/C38H67NO5/c1-3-5-7-9-11-13-14-15-16-17-18-19-21-23-29-33-38(43)44-35(30-26-22-20-12-10-8-6-4-2)31-27-24-25-28-32-36(40)39-34-37(41)42/h6,8,12,20,26,30,35H,3-5,7,9-11,13-19,21-25,27-29,31-34H2,1-2H3,(H,39,40)(H,41,42)/b8-6-,20-12-,30-26-. The highest BCUT2D eigenvalue weighted by Crippen LogP contribution is 2.16. The molecule has 0 fully saturated rings. The molecule has 0 saturated carbocycles. The first-order valence-electron chi connectivity index (χ1n) is 18.1. The fourth-order valence-corrected chi connectivity index (χ4v) is 5.15. The molecule has 6 nitrogen and oxygen atoms in total. The third-order valence-electron chi connectivity index (χ3n) is 7.81. The van der Waals surface area contributed by atoms with Crippen molar-refractivity contribution >= 4 is 17.8 Å². The highest BCUT2D eigenvalue weighted by Gasteiger charge is 2.11. The van der Waals surface area contributed by atoms with Crippen molar-refractivity contribution in [3.63, 3.8) is 0 Å². The van der Waals surface area contributed by atoms with Gasteiger partial charge in [0.1, 0.15) is 12.6 Å². The maximum absolute atomic E-state index is 12.6. The Hall–Kier alpha value is -2.37. The molecule has 1 atom stereocenters. The maximum atomic E-state index is 12.6. The summed E-state index contributed by atoms with van der Waals surface area (Å²) in [6.07, 6.45) is 40.0. The molecule has 1 amide bonds. The Morgan fingerprint density at radius 2 is 1.09 bits per heavy atom. The van der Waals surface area contributed by atoms with Crippen LogP contribution in [0.2, 0.25) is 0 Å². The van der Waals surface area contributed by atoms with Gasteiger partial charge < -0.3 is 15.2 Å². The number of carboxylic acid groups (broad SMARTS) is 1. The van der Waals surface area contributed by atoms with E-state index in [4.69, 9.17) is 9.84 Å². The molecule has 0 aromatic carbocycles. The van der Waals surface area contributed by atoms with Crippen molar-refractivity contribution in [2.75, 3.05) is 6.54 Å². The van der Waals surface area contributed by atoms with E-state index in [0.29, 0.717) is 12.8 Å². The van der Waals surface area contributed by atoms with Crippen LogP contribution in [0, 0.1) is 0 Å². The number of rotatable bonds is 32. The van der Waals surface area contributed by atoms with Crippen LogP contribution in [-0.4, -0.2) is 35.6 Å². The molecule has 0 radical (unpaired) electrons. The molecule has 0 aromatic rings. The van der Waals surface area contributed by atoms with Crippen molar-refractivity contribution < 1.29 is 24.2 Å². The van der Waals surface area contributed by atoms with Gasteiger partial charge in [-0.15, -0.1) is 0 Å². The molecule has 0 bridgehead atoms. The normalized spacial score (nSPS) is 12.4. The second-order valence-corrected chi connectivity index (χ2v) is 12.1. The van der Waals surface area contributed by atoms with Gasteiger partial charge in [0.25, 0.3) is 0 Å². The lowest BCUT2D eigenvalue weighted by atomic mass is 10.0. The Kier molecular flexibility index (Phi) is 31.7. The Labute approximate surface area is 270 Å². The lowest BCUT2D eigenvalue weighted by Crippen LogP contribution is -2.28. The average Bonchev–Trinajstić information content (AvgIpc) is 3.00. The number of aliphatic carboxylic acids is 1. The Morgan fingerprint density at radius 3 is 1.64 bits per heavy atom. The van der Waals surface area contributed by atoms with Crippen molar-refractivity contribution in [3.05, 3.63) is 36.5 Å². The SMILES string of the molecule is CC/C=C\C/C=C\C/C=C\C(CCCCCCC(=O)NCC(=O)O)OC(=O)CCCCCCCCCCCCCCCCC. The summed E-state index contributed by atoms with van der Waals surface area (Å²) in [6.45, 7) is 4.07. The van der Waals surface area contributed by atoms with E-state index in [1.54, 1.807) is 0 Å². The fraction of sp³-hybridized carbons (Fsp3) is 0.763. The van der Waals surface area contributed by atoms with Gasteiger partial charge in [0.05, 0.1) is 0 Å². The molecule has 0 aliphatic rings. The first-order chi connectivity index (χ1) is 21.5. The molecule has 6 heteroatoms. The minimum atomic E-state index is -1.03. The van der Waals surface area contributed by atoms with Crippen LogP contribution in [0.1, 0.15) is 174 Å². The highest BCUT2D eigenvalue weighted by atomic mass is 16.5. The van der Waals surface area contributed by atoms with E-state index >= 15 is 0 Å². The molecule has 0 saturated heterocycles. The molecular formula is C38H67NO5. The largest absolute Gasteiger partial charge is 0.480 e. The zero-order chi connectivity index (χ0) is 32.4. The van der Waals surface area contributed by atoms with Gasteiger partial charge in [0.2, 0.25) is 5.91 Å². The second kappa shape index (κ2) is 33.5. The predicted molar refractivity (Wildman–Crippen MR) is 185 cm³/mol. The highest BCUT2D eigenvalue weighted by molar-refractivity contribution is 5.80. The summed E-state index contributed by atoms with van der Waals surface area (Å²) in [6, 6.07) is 0. The number of hydrogen-bond donors (Lipinski definition) is 2. The molecule has 2 N–H and O–H groups in total. The number of hydrogen-bond acceptors (Lipinski definition) is 4. The first kappa shape index (κ1) is 41.6. The van der Waals surface area contributed by atoms with Crippen molar-refractivity contribution in [1.82, 2.24) is 5.32 Å². The first-order valence-corrected chi connectivity index (χ1v) is 18.1. The number of amides is 1. The molecule has 0 heterocycles. The van der Waals surface area contributed by atoms with E-state index in [2.05, 4.69) is 49.5 Å². The van der Waals surface area contributed by atoms with Crippen LogP contribution < -0.4 is 5.32 Å². The topological polar surface area (TPSA) is 92.7 Å². The molecule has 44 heavy (non-hydrogen) atoms. The van der Waals surface area contributed by atoms with Gasteiger partial charge in [-0.05, 0) is 51.0 Å². The predicted octanol–water partition coefficient (Wildman–Crippen LogP) is 10.6. The van der Waals surface area contributed by atoms with Crippen LogP contribution in [0.3, 0.4) is 0 Å². The number of nitrogens with one attached hydrogen (secondary N) is 1. The van der Waals surface area contributed by atoms with Crippen LogP contribution in [0.4, 0.5) is 0 Å². The summed E-state index contributed by atoms with van der Waals surface area (Å²) in [5.74, 6) is -1.36. The molecule has 1 unspecified atom stereocenters. The summed E-state index contributed by atoms with van der Waals surface area (Å²) in [5, 5.41) is 11.0. The number of unbranched alkanes of at least 4 members (excludes halogenated alkanes) is 17. The van der Waals surface area contributed by atoms with E-state index in [1.807, 2.05) is 6.08 Å². The number of carbonyl (C=O) groups is 3. The van der Waals surface area contributed by atoms with Crippen molar-refractivity contribution in [3.8, 4) is 0 Å². The number of carbonyl (C=O) groups excluding carboxylic acids is 2. The van der Waals surface area contributed by atoms with E-state index in [0.717, 1.165) is 64.2 Å². The molecule has 0 rings (SSSR count). The molecule has 0 aromatic heterocycles. The van der Waals surface area contributed by atoms with E-state index < -0.39 is 5.97 Å². The van der Waals surface area contributed by atoms with Gasteiger partial charge in [-0.2, -0.15) is 0 Å². The third kappa shape index (κ3) is 32.5. The summed E-state index contributed by atoms with van der Waals surface area (Å²) in [7, 11) is 0. The molecule has 0 aliphatic heterocycles. The lowest BCUT2D eigenvalue weighted by Gasteiger charge is -2.14. The summed E-state index contributed by atoms with van der Waals surface area (Å²) >= 11 is 0. The van der Waals surface area contributed by atoms with E-state index in [-0.39, 0.29) is 24.5 Å². The number of ether oxygens (including phenoxy) is 1. The smallest absolute Gasteiger partial charge is 0.322 e. The average molecular weight is 618 g/mol. The van der Waals surface area contributed by atoms with E-state index in [9.17, 15) is 14.4 Å². The Morgan fingerprint density at radius 1 is 0.614 bits per heavy atom. The van der Waals surface area contributed by atoms with E-state index in [1.165, 1.54) is 83.5 Å². The van der Waals surface area contributed by atoms with Gasteiger partial charge in [-0.25, -0.2) is 0 Å². The van der Waals surface area contributed by atoms with Gasteiger partial charge in [-0.3, -0.25) is 14.4 Å². The number of carboxylic acids is 1. The van der Waals surface area contributed by atoms with Crippen LogP contribution in [0.25, 0.3) is 0 Å². The molecular weight excluding hydrogens is 550 g/mol. The van der Waals surface area contributed by atoms with Crippen LogP contribution >= 0.6 is 0 Å². The lowest BCUT2D eigenvalue weighted by molar-refractivity contribution is -0.147. The quantitative estimate of drug-likeness (QED) is 0.0445. The van der Waals surface area contributed by atoms with Gasteiger partial charge in [0.15, 0.2) is 0 Å². The fourth-order valence-electron chi connectivity index (χ4n) is 5.15. The molecule has 254 valence electrons. The minimum Gasteiger partial charge on any atom is -0.480 e. The monoisotopic (exact) mass is 618 g/mol.